The van der Waals surface area contributed by atoms with Gasteiger partial charge in [0.15, 0.2) is 6.54 Å². The van der Waals surface area contributed by atoms with E-state index in [9.17, 15) is 0 Å². The van der Waals surface area contributed by atoms with Gasteiger partial charge < -0.3 is 0 Å². The van der Waals surface area contributed by atoms with E-state index in [1.54, 1.807) is 11.8 Å². The quantitative estimate of drug-likeness (QED) is 0.454. The topological polar surface area (TPSA) is 14.0 Å². The molecule has 0 spiro atoms. The maximum absolute atomic E-state index is 5.48. The number of halogens is 1. The summed E-state index contributed by atoms with van der Waals surface area (Å²) in [6.45, 7) is 1.03. The molecular weight excluding hydrogens is 118 g/mol. The van der Waals surface area contributed by atoms with Gasteiger partial charge in [-0.2, -0.15) is 0 Å². The van der Waals surface area contributed by atoms with Crippen LogP contribution < -0.4 is 4.99 Å². The predicted octanol–water partition coefficient (Wildman–Crippen LogP) is -0.591. The minimum Gasteiger partial charge on any atom is -0.225 e. The molecule has 0 fully saturated rings. The maximum Gasteiger partial charge on any atom is 0.303 e. The Balaban J connectivity index is 2.45. The molecule has 0 saturated heterocycles. The van der Waals surface area contributed by atoms with Gasteiger partial charge >= 0.3 is 4.50 Å². The average Bonchev–Trinajstić information content (AvgIpc) is 1.86. The summed E-state index contributed by atoms with van der Waals surface area (Å²) in [5, 5.41) is 0. The molecule has 0 amide bonds. The van der Waals surface area contributed by atoms with Crippen molar-refractivity contribution in [2.75, 3.05) is 12.3 Å². The van der Waals surface area contributed by atoms with Gasteiger partial charge in [-0.15, -0.1) is 0 Å². The summed E-state index contributed by atoms with van der Waals surface area (Å²) in [5.41, 5.74) is 0. The van der Waals surface area contributed by atoms with Gasteiger partial charge in [-0.3, -0.25) is 0 Å². The van der Waals surface area contributed by atoms with Crippen LogP contribution >= 0.6 is 23.4 Å². The number of hydrogen-bond donors (Lipinski definition) is 1. The van der Waals surface area contributed by atoms with Gasteiger partial charge in [0.25, 0.3) is 0 Å². The zero-order valence-electron chi connectivity index (χ0n) is 3.20. The molecule has 6 heavy (non-hydrogen) atoms. The Kier molecular flexibility index (Phi) is 1.37. The van der Waals surface area contributed by atoms with E-state index in [1.807, 2.05) is 0 Å². The Labute approximate surface area is 45.8 Å². The van der Waals surface area contributed by atoms with Gasteiger partial charge in [-0.05, 0) is 23.4 Å². The van der Waals surface area contributed by atoms with Crippen LogP contribution in [0.25, 0.3) is 0 Å². The predicted molar refractivity (Wildman–Crippen MR) is 29.1 cm³/mol. The molecule has 0 unspecified atom stereocenters. The second-order valence-electron chi connectivity index (χ2n) is 1.05. The lowest BCUT2D eigenvalue weighted by Crippen LogP contribution is -2.68. The van der Waals surface area contributed by atoms with Crippen molar-refractivity contribution in [1.82, 2.24) is 0 Å². The highest BCUT2D eigenvalue weighted by Crippen LogP contribution is 2.02. The summed E-state index contributed by atoms with van der Waals surface area (Å²) in [5.74, 6) is 1.12. The molecule has 0 aromatic carbocycles. The normalized spacial score (nSPS) is 21.2. The van der Waals surface area contributed by atoms with Crippen molar-refractivity contribution in [2.24, 2.45) is 0 Å². The molecular formula is C3H5ClNS+. The molecule has 0 aromatic rings. The van der Waals surface area contributed by atoms with Gasteiger partial charge in [0.2, 0.25) is 0 Å². The summed E-state index contributed by atoms with van der Waals surface area (Å²) in [6.07, 6.45) is 0. The number of hydrogen-bond acceptors (Lipinski definition) is 1. The molecule has 34 valence electrons. The van der Waals surface area contributed by atoms with Crippen molar-refractivity contribution < 1.29 is 4.99 Å². The molecule has 1 aliphatic rings. The smallest absolute Gasteiger partial charge is 0.225 e. The molecule has 0 saturated carbocycles. The van der Waals surface area contributed by atoms with Crippen LogP contribution in [0, 0.1) is 0 Å². The third-order valence-corrected chi connectivity index (χ3v) is 1.86. The van der Waals surface area contributed by atoms with Crippen molar-refractivity contribution in [3.8, 4) is 0 Å². The molecule has 1 heterocycles. The molecule has 0 radical (unpaired) electrons. The standard InChI is InChI=1S/C3H4ClNS/c4-3-5-1-2-6-3/h1-2H2/p+1. The zero-order chi connectivity index (χ0) is 4.41. The maximum atomic E-state index is 5.48. The first-order valence-electron chi connectivity index (χ1n) is 1.79. The molecule has 0 aliphatic carbocycles. The van der Waals surface area contributed by atoms with E-state index >= 15 is 0 Å². The fraction of sp³-hybridized carbons (Fsp3) is 0.667. The fourth-order valence-corrected chi connectivity index (χ4v) is 1.25. The Hall–Kier alpha value is 0.310. The van der Waals surface area contributed by atoms with Gasteiger partial charge in [-0.25, -0.2) is 4.99 Å². The van der Waals surface area contributed by atoms with Crippen LogP contribution in [0.5, 0.6) is 0 Å². The minimum absolute atomic E-state index is 0.843. The minimum atomic E-state index is 0.843. The summed E-state index contributed by atoms with van der Waals surface area (Å²) >= 11 is 7.15. The van der Waals surface area contributed by atoms with E-state index < -0.39 is 0 Å². The van der Waals surface area contributed by atoms with Crippen LogP contribution in [-0.2, 0) is 0 Å². The first-order valence-corrected chi connectivity index (χ1v) is 3.15. The second kappa shape index (κ2) is 1.85. The average molecular weight is 123 g/mol. The first-order chi connectivity index (χ1) is 2.89. The van der Waals surface area contributed by atoms with Crippen LogP contribution in [0.2, 0.25) is 0 Å². The van der Waals surface area contributed by atoms with E-state index in [2.05, 4.69) is 4.99 Å². The Morgan fingerprint density at radius 2 is 2.67 bits per heavy atom. The van der Waals surface area contributed by atoms with Crippen LogP contribution in [0.1, 0.15) is 0 Å². The molecule has 1 N–H and O–H groups in total. The monoisotopic (exact) mass is 122 g/mol. The van der Waals surface area contributed by atoms with E-state index in [1.165, 1.54) is 0 Å². The van der Waals surface area contributed by atoms with Gasteiger partial charge in [0, 0.05) is 0 Å². The summed E-state index contributed by atoms with van der Waals surface area (Å²) < 4.78 is 0.843. The fourth-order valence-electron chi connectivity index (χ4n) is 0.341. The third kappa shape index (κ3) is 0.884. The van der Waals surface area contributed by atoms with Crippen molar-refractivity contribution in [3.05, 3.63) is 0 Å². The van der Waals surface area contributed by atoms with Crippen LogP contribution in [-0.4, -0.2) is 16.8 Å². The van der Waals surface area contributed by atoms with Crippen molar-refractivity contribution in [1.29, 1.82) is 0 Å². The second-order valence-corrected chi connectivity index (χ2v) is 2.76. The number of rotatable bonds is 0. The first kappa shape index (κ1) is 4.47. The molecule has 0 bridgehead atoms. The molecule has 0 aromatic heterocycles. The van der Waals surface area contributed by atoms with E-state index in [0.29, 0.717) is 0 Å². The largest absolute Gasteiger partial charge is 0.303 e. The van der Waals surface area contributed by atoms with Gasteiger partial charge in [-0.1, -0.05) is 0 Å². The highest BCUT2D eigenvalue weighted by Gasteiger charge is 2.08. The zero-order valence-corrected chi connectivity index (χ0v) is 4.77. The van der Waals surface area contributed by atoms with E-state index in [0.717, 1.165) is 16.8 Å². The van der Waals surface area contributed by atoms with Gasteiger partial charge in [0.05, 0.1) is 5.75 Å². The highest BCUT2D eigenvalue weighted by atomic mass is 35.5. The van der Waals surface area contributed by atoms with E-state index in [4.69, 9.17) is 11.6 Å². The molecule has 1 rings (SSSR count). The Bertz CT molecular complexity index is 80.9. The Morgan fingerprint density at radius 3 is 2.83 bits per heavy atom. The van der Waals surface area contributed by atoms with Gasteiger partial charge in [0.1, 0.15) is 0 Å². The molecule has 0 atom stereocenters. The summed E-state index contributed by atoms with van der Waals surface area (Å²) in [7, 11) is 0. The number of thioether (sulfide) groups is 1. The SMILES string of the molecule is ClC1=[NH+]CCS1. The lowest BCUT2D eigenvalue weighted by Gasteiger charge is -1.65. The molecule has 3 heteroatoms. The third-order valence-electron chi connectivity index (χ3n) is 0.595. The van der Waals surface area contributed by atoms with Crippen LogP contribution in [0.15, 0.2) is 0 Å². The molecule has 1 aliphatic heterocycles. The number of nitrogens with one attached hydrogen (secondary N) is 1. The van der Waals surface area contributed by atoms with Crippen molar-refractivity contribution in [2.45, 2.75) is 0 Å². The van der Waals surface area contributed by atoms with Crippen molar-refractivity contribution >= 4 is 27.9 Å². The van der Waals surface area contributed by atoms with Crippen molar-refractivity contribution in [3.63, 3.8) is 0 Å². The van der Waals surface area contributed by atoms with Crippen LogP contribution in [0.3, 0.4) is 0 Å². The molecule has 1 nitrogen and oxygen atoms in total. The summed E-state index contributed by atoms with van der Waals surface area (Å²) in [6, 6.07) is 0. The van der Waals surface area contributed by atoms with E-state index in [-0.39, 0.29) is 0 Å². The summed E-state index contributed by atoms with van der Waals surface area (Å²) in [4.78, 5) is 2.96. The Morgan fingerprint density at radius 1 is 1.83 bits per heavy atom. The van der Waals surface area contributed by atoms with Crippen LogP contribution in [0.4, 0.5) is 0 Å². The lowest BCUT2D eigenvalue weighted by molar-refractivity contribution is -0.441. The highest BCUT2D eigenvalue weighted by molar-refractivity contribution is 8.16. The lowest BCUT2D eigenvalue weighted by atomic mass is 10.8.